The number of carbonyl (C=O) groups is 2. The van der Waals surface area contributed by atoms with Gasteiger partial charge in [-0.3, -0.25) is 9.78 Å². The van der Waals surface area contributed by atoms with Crippen LogP contribution < -0.4 is 5.32 Å². The second-order valence-electron chi connectivity index (χ2n) is 3.82. The number of aromatic nitrogens is 2. The summed E-state index contributed by atoms with van der Waals surface area (Å²) < 4.78 is 0. The van der Waals surface area contributed by atoms with Crippen LogP contribution in [0.4, 0.5) is 5.69 Å². The Morgan fingerprint density at radius 2 is 1.89 bits per heavy atom. The van der Waals surface area contributed by atoms with Crippen LogP contribution in [0.15, 0.2) is 42.9 Å². The average Bonchev–Trinajstić information content (AvgIpc) is 2.40. The van der Waals surface area contributed by atoms with Gasteiger partial charge >= 0.3 is 5.97 Å². The fourth-order valence-corrected chi connectivity index (χ4v) is 1.49. The van der Waals surface area contributed by atoms with Crippen LogP contribution in [0.1, 0.15) is 16.1 Å². The maximum atomic E-state index is 11.7. The first-order valence-electron chi connectivity index (χ1n) is 5.53. The Morgan fingerprint density at radius 1 is 1.16 bits per heavy atom. The first-order valence-corrected chi connectivity index (χ1v) is 5.53. The van der Waals surface area contributed by atoms with E-state index < -0.39 is 5.97 Å². The fourth-order valence-electron chi connectivity index (χ4n) is 1.49. The Bertz CT molecular complexity index is 582. The molecule has 0 aromatic carbocycles. The zero-order valence-corrected chi connectivity index (χ0v) is 9.91. The van der Waals surface area contributed by atoms with E-state index in [-0.39, 0.29) is 18.0 Å². The second-order valence-corrected chi connectivity index (χ2v) is 3.82. The van der Waals surface area contributed by atoms with Crippen molar-refractivity contribution in [2.45, 2.75) is 6.42 Å². The van der Waals surface area contributed by atoms with E-state index in [1.165, 1.54) is 18.3 Å². The van der Waals surface area contributed by atoms with Crippen molar-refractivity contribution in [3.05, 3.63) is 54.1 Å². The fraction of sp³-hybridized carbons (Fsp3) is 0.0769. The van der Waals surface area contributed by atoms with Crippen molar-refractivity contribution >= 4 is 17.6 Å². The molecule has 2 aromatic rings. The Labute approximate surface area is 109 Å². The first kappa shape index (κ1) is 12.7. The molecule has 2 rings (SSSR count). The van der Waals surface area contributed by atoms with E-state index in [2.05, 4.69) is 15.3 Å². The standard InChI is InChI=1S/C13H11N3O3/c17-12(7-9-3-5-14-6-4-9)16-10-1-2-11(13(18)19)15-8-10/h1-6,8H,7H2,(H,16,17)(H,18,19). The van der Waals surface area contributed by atoms with Crippen molar-refractivity contribution in [3.8, 4) is 0 Å². The number of hydrogen-bond donors (Lipinski definition) is 2. The van der Waals surface area contributed by atoms with Gasteiger partial charge < -0.3 is 10.4 Å². The summed E-state index contributed by atoms with van der Waals surface area (Å²) in [4.78, 5) is 29.9. The summed E-state index contributed by atoms with van der Waals surface area (Å²) in [5.74, 6) is -1.30. The molecule has 2 heterocycles. The number of nitrogens with zero attached hydrogens (tertiary/aromatic N) is 2. The Morgan fingerprint density at radius 3 is 2.47 bits per heavy atom. The highest BCUT2D eigenvalue weighted by Crippen LogP contribution is 2.07. The lowest BCUT2D eigenvalue weighted by Gasteiger charge is -2.05. The van der Waals surface area contributed by atoms with Gasteiger partial charge in [0.1, 0.15) is 5.69 Å². The second kappa shape index (κ2) is 5.72. The lowest BCUT2D eigenvalue weighted by molar-refractivity contribution is -0.115. The van der Waals surface area contributed by atoms with E-state index in [4.69, 9.17) is 5.11 Å². The van der Waals surface area contributed by atoms with Crippen LogP contribution in [0.3, 0.4) is 0 Å². The summed E-state index contributed by atoms with van der Waals surface area (Å²) in [5.41, 5.74) is 1.25. The largest absolute Gasteiger partial charge is 0.477 e. The van der Waals surface area contributed by atoms with E-state index >= 15 is 0 Å². The number of nitrogens with one attached hydrogen (secondary N) is 1. The summed E-state index contributed by atoms with van der Waals surface area (Å²) >= 11 is 0. The third-order valence-corrected chi connectivity index (χ3v) is 2.38. The van der Waals surface area contributed by atoms with E-state index in [1.54, 1.807) is 24.5 Å². The van der Waals surface area contributed by atoms with Crippen molar-refractivity contribution in [2.24, 2.45) is 0 Å². The molecular formula is C13H11N3O3. The van der Waals surface area contributed by atoms with Crippen molar-refractivity contribution in [1.82, 2.24) is 9.97 Å². The first-order chi connectivity index (χ1) is 9.15. The molecule has 0 radical (unpaired) electrons. The highest BCUT2D eigenvalue weighted by molar-refractivity contribution is 5.92. The van der Waals surface area contributed by atoms with Gasteiger partial charge in [-0.15, -0.1) is 0 Å². The zero-order valence-electron chi connectivity index (χ0n) is 9.91. The van der Waals surface area contributed by atoms with Gasteiger partial charge in [0.15, 0.2) is 0 Å². The van der Waals surface area contributed by atoms with Gasteiger partial charge in [0.05, 0.1) is 18.3 Å². The van der Waals surface area contributed by atoms with Gasteiger partial charge in [-0.2, -0.15) is 0 Å². The number of rotatable bonds is 4. The van der Waals surface area contributed by atoms with Crippen LogP contribution in [0, 0.1) is 0 Å². The number of anilines is 1. The minimum Gasteiger partial charge on any atom is -0.477 e. The molecule has 0 unspecified atom stereocenters. The molecule has 0 saturated heterocycles. The molecule has 96 valence electrons. The predicted octanol–water partition coefficient (Wildman–Crippen LogP) is 1.36. The molecule has 2 aromatic heterocycles. The normalized spacial score (nSPS) is 9.89. The molecule has 6 nitrogen and oxygen atoms in total. The number of carboxylic acid groups (broad SMARTS) is 1. The molecule has 0 fully saturated rings. The number of aromatic carboxylic acids is 1. The molecule has 2 N–H and O–H groups in total. The van der Waals surface area contributed by atoms with E-state index in [0.717, 1.165) is 5.56 Å². The van der Waals surface area contributed by atoms with Crippen LogP contribution in [-0.2, 0) is 11.2 Å². The van der Waals surface area contributed by atoms with Crippen LogP contribution in [-0.4, -0.2) is 27.0 Å². The van der Waals surface area contributed by atoms with E-state index in [0.29, 0.717) is 5.69 Å². The summed E-state index contributed by atoms with van der Waals surface area (Å²) in [6.45, 7) is 0. The van der Waals surface area contributed by atoms with Crippen LogP contribution >= 0.6 is 0 Å². The van der Waals surface area contributed by atoms with Crippen molar-refractivity contribution < 1.29 is 14.7 Å². The minimum atomic E-state index is -1.10. The van der Waals surface area contributed by atoms with Gasteiger partial charge in [0.2, 0.25) is 5.91 Å². The van der Waals surface area contributed by atoms with Gasteiger partial charge in [-0.1, -0.05) is 0 Å². The number of pyridine rings is 2. The highest BCUT2D eigenvalue weighted by atomic mass is 16.4. The number of amides is 1. The third kappa shape index (κ3) is 3.60. The van der Waals surface area contributed by atoms with Gasteiger partial charge in [-0.25, -0.2) is 9.78 Å². The smallest absolute Gasteiger partial charge is 0.354 e. The number of carboxylic acids is 1. The minimum absolute atomic E-state index is 0.0628. The van der Waals surface area contributed by atoms with E-state index in [1.807, 2.05) is 0 Å². The quantitative estimate of drug-likeness (QED) is 0.862. The zero-order chi connectivity index (χ0) is 13.7. The van der Waals surface area contributed by atoms with Gasteiger partial charge in [0, 0.05) is 12.4 Å². The van der Waals surface area contributed by atoms with Crippen LogP contribution in [0.5, 0.6) is 0 Å². The topological polar surface area (TPSA) is 92.2 Å². The molecular weight excluding hydrogens is 246 g/mol. The highest BCUT2D eigenvalue weighted by Gasteiger charge is 2.06. The molecule has 0 spiro atoms. The summed E-state index contributed by atoms with van der Waals surface area (Å²) in [7, 11) is 0. The number of hydrogen-bond acceptors (Lipinski definition) is 4. The molecule has 0 aliphatic carbocycles. The average molecular weight is 257 g/mol. The lowest BCUT2D eigenvalue weighted by Crippen LogP contribution is -2.14. The summed E-state index contributed by atoms with van der Waals surface area (Å²) in [6.07, 6.45) is 4.77. The monoisotopic (exact) mass is 257 g/mol. The molecule has 6 heteroatoms. The maximum Gasteiger partial charge on any atom is 0.354 e. The summed E-state index contributed by atoms with van der Waals surface area (Å²) in [5, 5.41) is 11.3. The Balaban J connectivity index is 1.97. The molecule has 0 saturated carbocycles. The predicted molar refractivity (Wildman–Crippen MR) is 67.8 cm³/mol. The van der Waals surface area contributed by atoms with Crippen molar-refractivity contribution in [1.29, 1.82) is 0 Å². The Hall–Kier alpha value is -2.76. The lowest BCUT2D eigenvalue weighted by atomic mass is 10.2. The molecule has 0 bridgehead atoms. The van der Waals surface area contributed by atoms with E-state index in [9.17, 15) is 9.59 Å². The van der Waals surface area contributed by atoms with Gasteiger partial charge in [-0.05, 0) is 29.8 Å². The summed E-state index contributed by atoms with van der Waals surface area (Å²) in [6, 6.07) is 6.35. The molecule has 0 atom stereocenters. The third-order valence-electron chi connectivity index (χ3n) is 2.38. The molecule has 0 aliphatic heterocycles. The molecule has 1 amide bonds. The number of carbonyl (C=O) groups excluding carboxylic acids is 1. The molecule has 0 aliphatic rings. The van der Waals surface area contributed by atoms with Crippen molar-refractivity contribution in [2.75, 3.05) is 5.32 Å². The van der Waals surface area contributed by atoms with Crippen molar-refractivity contribution in [3.63, 3.8) is 0 Å². The Kier molecular flexibility index (Phi) is 3.82. The SMILES string of the molecule is O=C(Cc1ccncc1)Nc1ccc(C(=O)O)nc1. The maximum absolute atomic E-state index is 11.7. The van der Waals surface area contributed by atoms with Crippen LogP contribution in [0.25, 0.3) is 0 Å². The molecule has 19 heavy (non-hydrogen) atoms. The van der Waals surface area contributed by atoms with Crippen LogP contribution in [0.2, 0.25) is 0 Å². The van der Waals surface area contributed by atoms with Gasteiger partial charge in [0.25, 0.3) is 0 Å².